The molecule has 0 aliphatic carbocycles. The van der Waals surface area contributed by atoms with Gasteiger partial charge in [-0.05, 0) is 13.0 Å². The van der Waals surface area contributed by atoms with Crippen molar-refractivity contribution in [1.82, 2.24) is 4.98 Å². The molecule has 1 aromatic heterocycles. The smallest absolute Gasteiger partial charge is 0.323 e. The number of hydrogen-bond donors (Lipinski definition) is 2. The molecule has 0 amide bonds. The minimum absolute atomic E-state index is 0.269. The van der Waals surface area contributed by atoms with Gasteiger partial charge in [0.2, 0.25) is 5.82 Å². The zero-order valence-corrected chi connectivity index (χ0v) is 9.94. The highest BCUT2D eigenvalue weighted by molar-refractivity contribution is 5.80. The van der Waals surface area contributed by atoms with Crippen molar-refractivity contribution >= 4 is 23.4 Å². The van der Waals surface area contributed by atoms with Gasteiger partial charge in [-0.1, -0.05) is 0 Å². The van der Waals surface area contributed by atoms with Crippen molar-refractivity contribution < 1.29 is 24.7 Å². The highest BCUT2D eigenvalue weighted by Gasteiger charge is 2.26. The van der Waals surface area contributed by atoms with Crippen molar-refractivity contribution in [2.24, 2.45) is 0 Å². The number of rotatable bonds is 6. The molecular weight excluding hydrogens is 258 g/mol. The molecule has 0 bridgehead atoms. The molecule has 0 spiro atoms. The molecule has 9 nitrogen and oxygen atoms in total. The Balaban J connectivity index is 3.28. The summed E-state index contributed by atoms with van der Waals surface area (Å²) in [6, 6.07) is 1.39. The Morgan fingerprint density at radius 3 is 2.32 bits per heavy atom. The molecule has 0 radical (unpaired) electrons. The first-order valence-corrected chi connectivity index (χ1v) is 5.11. The van der Waals surface area contributed by atoms with Crippen molar-refractivity contribution in [3.63, 3.8) is 0 Å². The van der Waals surface area contributed by atoms with E-state index in [1.165, 1.54) is 19.2 Å². The number of aryl methyl sites for hydroxylation is 1. The van der Waals surface area contributed by atoms with Gasteiger partial charge in [0.15, 0.2) is 0 Å². The van der Waals surface area contributed by atoms with E-state index in [4.69, 9.17) is 10.2 Å². The number of aromatic nitrogens is 1. The van der Waals surface area contributed by atoms with Gasteiger partial charge in [0.05, 0.1) is 4.92 Å². The Morgan fingerprint density at radius 2 is 1.89 bits per heavy atom. The first-order valence-electron chi connectivity index (χ1n) is 5.11. The molecule has 1 rings (SSSR count). The highest BCUT2D eigenvalue weighted by Crippen LogP contribution is 2.28. The fraction of sp³-hybridized carbons (Fsp3) is 0.300. The summed E-state index contributed by atoms with van der Waals surface area (Å²) >= 11 is 0. The molecular formula is C10H11N3O6. The molecule has 0 saturated carbocycles. The molecule has 2 N–H and O–H groups in total. The monoisotopic (exact) mass is 269 g/mol. The van der Waals surface area contributed by atoms with Gasteiger partial charge in [-0.3, -0.25) is 19.7 Å². The van der Waals surface area contributed by atoms with Crippen LogP contribution in [0.25, 0.3) is 0 Å². The average Bonchev–Trinajstić information content (AvgIpc) is 2.25. The zero-order valence-electron chi connectivity index (χ0n) is 9.94. The van der Waals surface area contributed by atoms with Crippen LogP contribution in [0.5, 0.6) is 0 Å². The maximum Gasteiger partial charge on any atom is 0.323 e. The molecule has 102 valence electrons. The molecule has 0 saturated heterocycles. The van der Waals surface area contributed by atoms with Gasteiger partial charge in [-0.15, -0.1) is 0 Å². The standard InChI is InChI=1S/C10H11N3O6/c1-6-2-3-11-10(9(6)13(18)19)12(4-7(14)15)5-8(16)17/h2-3H,4-5H2,1H3,(H,14,15)(H,16,17). The molecule has 0 aliphatic rings. The Hall–Kier alpha value is -2.71. The van der Waals surface area contributed by atoms with E-state index in [-0.39, 0.29) is 11.4 Å². The number of nitro groups is 1. The lowest BCUT2D eigenvalue weighted by Crippen LogP contribution is -2.35. The summed E-state index contributed by atoms with van der Waals surface area (Å²) in [6.45, 7) is 0.0796. The van der Waals surface area contributed by atoms with Crippen LogP contribution < -0.4 is 4.90 Å². The fourth-order valence-electron chi connectivity index (χ4n) is 1.53. The third kappa shape index (κ3) is 3.63. The Labute approximate surface area is 107 Å². The molecule has 1 heterocycles. The lowest BCUT2D eigenvalue weighted by molar-refractivity contribution is -0.384. The summed E-state index contributed by atoms with van der Waals surface area (Å²) in [5.41, 5.74) is -0.124. The van der Waals surface area contributed by atoms with Gasteiger partial charge < -0.3 is 15.1 Å². The van der Waals surface area contributed by atoms with Crippen molar-refractivity contribution in [1.29, 1.82) is 0 Å². The minimum Gasteiger partial charge on any atom is -0.480 e. The molecule has 0 unspecified atom stereocenters. The second-order valence-electron chi connectivity index (χ2n) is 3.70. The average molecular weight is 269 g/mol. The van der Waals surface area contributed by atoms with E-state index >= 15 is 0 Å². The molecule has 19 heavy (non-hydrogen) atoms. The zero-order chi connectivity index (χ0) is 14.6. The number of nitrogens with zero attached hydrogens (tertiary/aromatic N) is 3. The third-order valence-electron chi connectivity index (χ3n) is 2.24. The van der Waals surface area contributed by atoms with Gasteiger partial charge in [0.25, 0.3) is 0 Å². The summed E-state index contributed by atoms with van der Waals surface area (Å²) < 4.78 is 0. The van der Waals surface area contributed by atoms with Gasteiger partial charge in [0, 0.05) is 11.8 Å². The van der Waals surface area contributed by atoms with Gasteiger partial charge in [-0.2, -0.15) is 0 Å². The summed E-state index contributed by atoms with van der Waals surface area (Å²) in [7, 11) is 0. The molecule has 0 fully saturated rings. The topological polar surface area (TPSA) is 134 Å². The van der Waals surface area contributed by atoms with Gasteiger partial charge in [-0.25, -0.2) is 4.98 Å². The summed E-state index contributed by atoms with van der Waals surface area (Å²) in [4.78, 5) is 36.2. The first-order chi connectivity index (χ1) is 8.82. The van der Waals surface area contributed by atoms with E-state index in [1.54, 1.807) is 0 Å². The van der Waals surface area contributed by atoms with E-state index in [1.807, 2.05) is 0 Å². The third-order valence-corrected chi connectivity index (χ3v) is 2.24. The van der Waals surface area contributed by atoms with E-state index < -0.39 is 35.6 Å². The molecule has 0 atom stereocenters. The second kappa shape index (κ2) is 5.76. The first kappa shape index (κ1) is 14.4. The SMILES string of the molecule is Cc1ccnc(N(CC(=O)O)CC(=O)O)c1[N+](=O)[O-]. The quantitative estimate of drug-likeness (QED) is 0.555. The Bertz CT molecular complexity index is 514. The van der Waals surface area contributed by atoms with Crippen LogP contribution in [0.2, 0.25) is 0 Å². The van der Waals surface area contributed by atoms with Crippen LogP contribution in [0.4, 0.5) is 11.5 Å². The van der Waals surface area contributed by atoms with Crippen LogP contribution in [0.15, 0.2) is 12.3 Å². The van der Waals surface area contributed by atoms with Crippen LogP contribution in [0.3, 0.4) is 0 Å². The maximum atomic E-state index is 11.0. The number of carboxylic acids is 2. The largest absolute Gasteiger partial charge is 0.480 e. The van der Waals surface area contributed by atoms with Gasteiger partial charge in [0.1, 0.15) is 13.1 Å². The van der Waals surface area contributed by atoms with Crippen molar-refractivity contribution in [2.75, 3.05) is 18.0 Å². The number of anilines is 1. The van der Waals surface area contributed by atoms with Crippen LogP contribution in [-0.4, -0.2) is 45.1 Å². The predicted molar refractivity (Wildman–Crippen MR) is 63.1 cm³/mol. The number of carbonyl (C=O) groups is 2. The van der Waals surface area contributed by atoms with Gasteiger partial charge >= 0.3 is 17.6 Å². The normalized spacial score (nSPS) is 9.95. The number of aliphatic carboxylic acids is 2. The molecule has 0 aromatic carbocycles. The lowest BCUT2D eigenvalue weighted by Gasteiger charge is -2.19. The Kier molecular flexibility index (Phi) is 4.35. The van der Waals surface area contributed by atoms with Crippen LogP contribution in [0.1, 0.15) is 5.56 Å². The minimum atomic E-state index is -1.31. The Morgan fingerprint density at radius 1 is 1.37 bits per heavy atom. The van der Waals surface area contributed by atoms with Crippen molar-refractivity contribution in [3.8, 4) is 0 Å². The second-order valence-corrected chi connectivity index (χ2v) is 3.70. The van der Waals surface area contributed by atoms with E-state index in [9.17, 15) is 19.7 Å². The number of carboxylic acid groups (broad SMARTS) is 2. The van der Waals surface area contributed by atoms with E-state index in [0.29, 0.717) is 0 Å². The summed E-state index contributed by atoms with van der Waals surface area (Å²) in [5.74, 6) is -2.88. The number of pyridine rings is 1. The summed E-state index contributed by atoms with van der Waals surface area (Å²) in [6.07, 6.45) is 1.26. The molecule has 9 heteroatoms. The van der Waals surface area contributed by atoms with E-state index in [2.05, 4.69) is 4.98 Å². The van der Waals surface area contributed by atoms with Crippen LogP contribution in [-0.2, 0) is 9.59 Å². The van der Waals surface area contributed by atoms with Crippen LogP contribution >= 0.6 is 0 Å². The van der Waals surface area contributed by atoms with Crippen molar-refractivity contribution in [2.45, 2.75) is 6.92 Å². The predicted octanol–water partition coefficient (Wildman–Crippen LogP) is 0.274. The lowest BCUT2D eigenvalue weighted by atomic mass is 10.2. The summed E-state index contributed by atoms with van der Waals surface area (Å²) in [5, 5.41) is 28.4. The number of hydrogen-bond acceptors (Lipinski definition) is 6. The molecule has 0 aliphatic heterocycles. The van der Waals surface area contributed by atoms with E-state index in [0.717, 1.165) is 4.90 Å². The maximum absolute atomic E-state index is 11.0. The highest BCUT2D eigenvalue weighted by atomic mass is 16.6. The van der Waals surface area contributed by atoms with Crippen molar-refractivity contribution in [3.05, 3.63) is 27.9 Å². The van der Waals surface area contributed by atoms with Crippen LogP contribution in [0, 0.1) is 17.0 Å². The fourth-order valence-corrected chi connectivity index (χ4v) is 1.53. The molecule has 1 aromatic rings.